The molecule has 22 nitrogen and oxygen atoms in total. The monoisotopic (exact) mass is 2200 g/mol. The van der Waals surface area contributed by atoms with Gasteiger partial charge in [-0.25, -0.2) is 30.1 Å². The van der Waals surface area contributed by atoms with Crippen LogP contribution in [0.4, 0.5) is 11.4 Å². The number of hydrogen-bond donors (Lipinski definition) is 5. The van der Waals surface area contributed by atoms with Gasteiger partial charge in [0.1, 0.15) is 35.9 Å². The predicted molar refractivity (Wildman–Crippen MR) is 496 cm³/mol. The average Bonchev–Trinajstić information content (AvgIpc) is 1.58. The van der Waals surface area contributed by atoms with E-state index in [4.69, 9.17) is 44.9 Å². The van der Waals surface area contributed by atoms with Crippen LogP contribution in [0.5, 0.6) is 5.75 Å². The Kier molecular flexibility index (Phi) is 38.6. The SMILES string of the molecule is Brc1cccc2[nH]c3sccc3c12.CC(C)(C)[O-].CC1CCC(=O)NC1=O.COc1ccc(CN2C(=O)CCC(n3c4cccc(Br)c4c4ccsc43)C2=O)cc1.O=C1CCC(n2c3cccc(Br)c3c3ccsc32)C(=O)N1.O=[N+]([O-])c1cccc(Br)c1-c1ccsc1.O=[N+]([O-])c1cccc(Br)c1I.OB(O)c1ccsc1.[Cl][Al]([Cl])[Cl].[K+]. The molecule has 3 unspecified atom stereocenters. The van der Waals surface area contributed by atoms with Crippen LogP contribution in [0, 0.1) is 29.7 Å². The summed E-state index contributed by atoms with van der Waals surface area (Å²) >= 11 is 25.5. The quantitative estimate of drug-likeness (QED) is 0.0295. The summed E-state index contributed by atoms with van der Waals surface area (Å²) in [5.74, 6) is -0.166. The molecule has 5 N–H and O–H groups in total. The number of nitrogens with zero attached hydrogens (tertiary/aromatic N) is 5. The summed E-state index contributed by atoms with van der Waals surface area (Å²) < 4.78 is 14.7. The van der Waals surface area contributed by atoms with Gasteiger partial charge >= 0.3 is 69.9 Å². The second kappa shape index (κ2) is 46.2. The van der Waals surface area contributed by atoms with Gasteiger partial charge in [-0.05, 0) is 207 Å². The number of nitrogens with one attached hydrogen (secondary N) is 3. The van der Waals surface area contributed by atoms with Gasteiger partial charge in [0.15, 0.2) is 0 Å². The number of aromatic nitrogens is 3. The van der Waals surface area contributed by atoms with Gasteiger partial charge in [0.25, 0.3) is 17.3 Å². The van der Waals surface area contributed by atoms with Gasteiger partial charge in [-0.2, -0.15) is 22.7 Å². The number of likely N-dealkylation sites (tertiary alicyclic amines) is 1. The molecule has 604 valence electrons. The van der Waals surface area contributed by atoms with Gasteiger partial charge in [-0.1, -0.05) is 124 Å². The molecule has 0 bridgehead atoms. The Labute approximate surface area is 807 Å². The Morgan fingerprint density at radius 1 is 0.598 bits per heavy atom. The van der Waals surface area contributed by atoms with Crippen LogP contribution < -0.4 is 77.3 Å². The minimum Gasteiger partial charge on any atom is -0.850 e. The van der Waals surface area contributed by atoms with Crippen LogP contribution in [0.2, 0.25) is 0 Å². The summed E-state index contributed by atoms with van der Waals surface area (Å²) in [6, 6.07) is 44.8. The number of hydrogen-bond acceptors (Lipinski definition) is 19. The van der Waals surface area contributed by atoms with Gasteiger partial charge in [-0.3, -0.25) is 64.5 Å². The number of benzene rings is 6. The van der Waals surface area contributed by atoms with Crippen LogP contribution in [0.25, 0.3) is 74.5 Å². The number of nitro benzene ring substituents is 2. The largest absolute Gasteiger partial charge is 1.00 e. The molecule has 0 aliphatic carbocycles. The van der Waals surface area contributed by atoms with Crippen LogP contribution >= 0.6 is 189 Å². The second-order valence-corrected chi connectivity index (χ2v) is 42.3. The molecule has 0 saturated carbocycles. The van der Waals surface area contributed by atoms with E-state index in [0.29, 0.717) is 53.1 Å². The maximum absolute atomic E-state index is 13.5. The fourth-order valence-corrected chi connectivity index (χ4v) is 19.3. The Morgan fingerprint density at radius 3 is 1.57 bits per heavy atom. The minimum atomic E-state index is -1.72. The standard InChI is InChI=1S/C23H19BrN2O3S.C15H11BrN2O2S.C10H6BrNO2S.C10H6BrNS.C6H3BrINO2.C6H9NO2.C4H5BO2S.C4H9O.Al.3ClH.K/c1-29-15-7-5-14(6-8-15)13-25-20(27)10-9-19(22(25)28)26-18-4-2-3-17(24)21(18)16-11-12-30-23(16)26;16-9-2-1-3-10-13(9)8-6-7-21-15(8)18(10)11-4-5-12(19)17-14(11)20;11-8-2-1-3-9(12(13)14)10(8)7-4-5-15-6-7;11-7-2-1-3-8-9(7)6-4-5-13-10(6)12-8;7-4-2-1-3-5(6(4)8)9(10)11;1-4-2-3-5(8)7-6(4)9;6-5(7)4-1-2-8-3-4;1-4(2,3)5;;;;;/h2-8,11-12,19H,9-10,13H2,1H3;1-3,6-7,11H,4-5H2,(H,17,19,20);1-6H;1-5,12H;1-3H;4H,2-3H2,1H3,(H,7,8,9);1-3,6-7H;1-3H3;;3*1H;/q;;;;;;;-1;+3;;;;+1/p-3. The zero-order valence-electron chi connectivity index (χ0n) is 62.7. The number of rotatable bonds is 9. The second-order valence-electron chi connectivity index (χ2n) is 26.3. The van der Waals surface area contributed by atoms with E-state index in [1.54, 1.807) is 103 Å². The van der Waals surface area contributed by atoms with E-state index in [-0.39, 0.29) is 122 Å². The summed E-state index contributed by atoms with van der Waals surface area (Å²) in [6.07, 6.45) is 3.00. The third-order valence-corrected chi connectivity index (χ3v) is 26.5. The Balaban J connectivity index is 0.000000174. The van der Waals surface area contributed by atoms with Crippen molar-refractivity contribution in [3.63, 3.8) is 0 Å². The van der Waals surface area contributed by atoms with Gasteiger partial charge < -0.3 is 34.0 Å². The van der Waals surface area contributed by atoms with E-state index in [1.165, 1.54) is 60.8 Å². The maximum Gasteiger partial charge on any atom is 1.00 e. The van der Waals surface area contributed by atoms with E-state index in [0.717, 1.165) is 81.5 Å². The van der Waals surface area contributed by atoms with Crippen LogP contribution in [-0.2, 0) is 35.3 Å². The van der Waals surface area contributed by atoms with Crippen molar-refractivity contribution in [1.82, 2.24) is 29.7 Å². The summed E-state index contributed by atoms with van der Waals surface area (Å²) in [7, 11) is 15.1. The molecule has 6 aromatic carbocycles. The summed E-state index contributed by atoms with van der Waals surface area (Å²) in [5, 5.41) is 73.6. The summed E-state index contributed by atoms with van der Waals surface area (Å²) in [6.45, 7) is 6.99. The molecular weight excluding hydrogens is 2140 g/mol. The van der Waals surface area contributed by atoms with Crippen molar-refractivity contribution in [1.29, 1.82) is 0 Å². The molecule has 0 radical (unpaired) electrons. The Bertz CT molecular complexity index is 5830. The first-order valence-electron chi connectivity index (χ1n) is 34.8. The molecule has 3 saturated heterocycles. The molecule has 3 fully saturated rings. The van der Waals surface area contributed by atoms with Gasteiger partial charge in [0.2, 0.25) is 29.5 Å². The number of halogens is 9. The number of carbonyl (C=O) groups is 6. The first-order chi connectivity index (χ1) is 55.2. The van der Waals surface area contributed by atoms with Crippen molar-refractivity contribution in [2.75, 3.05) is 7.11 Å². The number of fused-ring (bicyclic) bond motifs is 9. The first-order valence-corrected chi connectivity index (χ1v) is 49.6. The molecule has 3 atom stereocenters. The number of carbonyl (C=O) groups excluding carboxylic acids is 6. The Hall–Kier alpha value is -4.65. The molecule has 39 heteroatoms. The number of imide groups is 3. The number of piperidine rings is 3. The molecule has 3 aliphatic heterocycles. The fraction of sp³-hybridized carbons (Fsp3) is 0.205. The van der Waals surface area contributed by atoms with Crippen molar-refractivity contribution >= 4 is 323 Å². The van der Waals surface area contributed by atoms with Gasteiger partial charge in [-0.15, -0.1) is 39.6 Å². The smallest absolute Gasteiger partial charge is 0.850 e. The van der Waals surface area contributed by atoms with Gasteiger partial charge in [0.05, 0.1) is 40.1 Å². The van der Waals surface area contributed by atoms with Gasteiger partial charge in [0, 0.05) is 103 Å². The van der Waals surface area contributed by atoms with Crippen molar-refractivity contribution < 1.29 is 110 Å². The normalized spacial score (nSPS) is 14.9. The summed E-state index contributed by atoms with van der Waals surface area (Å²) in [5.41, 5.74) is 5.75. The zero-order valence-corrected chi connectivity index (χ0v) is 83.4. The number of H-pyrrole nitrogens is 1. The van der Waals surface area contributed by atoms with Crippen LogP contribution in [0.15, 0.2) is 206 Å². The molecule has 0 spiro atoms. The summed E-state index contributed by atoms with van der Waals surface area (Å²) in [4.78, 5) is 99.6. The Morgan fingerprint density at radius 2 is 1.08 bits per heavy atom. The van der Waals surface area contributed by atoms with E-state index in [2.05, 4.69) is 140 Å². The third kappa shape index (κ3) is 26.5. The average molecular weight is 2210 g/mol. The molecule has 6 amide bonds. The number of amides is 6. The minimum absolute atomic E-state index is 0. The maximum atomic E-state index is 13.5. The van der Waals surface area contributed by atoms with Crippen molar-refractivity contribution in [3.8, 4) is 16.9 Å². The van der Waals surface area contributed by atoms with Crippen molar-refractivity contribution in [2.24, 2.45) is 5.92 Å². The van der Waals surface area contributed by atoms with Crippen LogP contribution in [0.1, 0.15) is 83.9 Å². The topological polar surface area (TPSA) is 314 Å². The first kappa shape index (κ1) is 97.8. The number of nitro groups is 2. The van der Waals surface area contributed by atoms with E-state index in [1.807, 2.05) is 124 Å². The molecule has 11 heterocycles. The fourth-order valence-electron chi connectivity index (χ4n) is 12.1. The zero-order chi connectivity index (χ0) is 84.4. The molecule has 8 aromatic heterocycles. The van der Waals surface area contributed by atoms with E-state index < -0.39 is 35.1 Å². The van der Waals surface area contributed by atoms with E-state index in [9.17, 15) is 54.1 Å². The number of ether oxygens (including phenoxy) is 1. The molecule has 117 heavy (non-hydrogen) atoms. The molecular formula is C78H68AlBBr5Cl3IKN8O14S5. The molecule has 14 aromatic rings. The van der Waals surface area contributed by atoms with Crippen LogP contribution in [0.3, 0.4) is 0 Å². The molecule has 17 rings (SSSR count). The van der Waals surface area contributed by atoms with Crippen molar-refractivity contribution in [2.45, 2.75) is 90.4 Å². The van der Waals surface area contributed by atoms with E-state index >= 15 is 0 Å². The number of aromatic amines is 1. The predicted octanol–water partition coefficient (Wildman–Crippen LogP) is 18.6. The molecule has 3 aliphatic rings. The number of methoxy groups -OCH3 is 1. The third-order valence-electron chi connectivity index (χ3n) is 17.3. The van der Waals surface area contributed by atoms with Crippen molar-refractivity contribution in [3.05, 3.63) is 235 Å². The number of thiophene rings is 5. The van der Waals surface area contributed by atoms with Crippen LogP contribution in [-0.4, -0.2) is 106 Å².